The van der Waals surface area contributed by atoms with Crippen LogP contribution in [-0.4, -0.2) is 18.4 Å². The number of nitrogens with one attached hydrogen (secondary N) is 1. The summed E-state index contributed by atoms with van der Waals surface area (Å²) in [5, 5.41) is 4.00. The molecule has 0 aliphatic heterocycles. The molecule has 0 radical (unpaired) electrons. The number of hydrogen-bond donors (Lipinski definition) is 1. The van der Waals surface area contributed by atoms with Crippen LogP contribution in [-0.2, 0) is 16.1 Å². The first-order valence-electron chi connectivity index (χ1n) is 8.84. The molecule has 1 amide bonds. The van der Waals surface area contributed by atoms with E-state index in [-0.39, 0.29) is 18.9 Å². The van der Waals surface area contributed by atoms with Gasteiger partial charge in [-0.15, -0.1) is 0 Å². The van der Waals surface area contributed by atoms with Gasteiger partial charge in [0.1, 0.15) is 12.2 Å². The van der Waals surface area contributed by atoms with Gasteiger partial charge in [-0.25, -0.2) is 4.79 Å². The maximum atomic E-state index is 12.0. The molecule has 0 atom stereocenters. The van der Waals surface area contributed by atoms with Gasteiger partial charge in [0.15, 0.2) is 0 Å². The average Bonchev–Trinajstić information content (AvgIpc) is 2.69. The fraction of sp³-hybridized carbons (Fsp3) is 0.190. The van der Waals surface area contributed by atoms with Gasteiger partial charge in [0.25, 0.3) is 5.91 Å². The van der Waals surface area contributed by atoms with Crippen LogP contribution in [0.2, 0.25) is 5.02 Å². The van der Waals surface area contributed by atoms with Crippen molar-refractivity contribution >= 4 is 50.4 Å². The van der Waals surface area contributed by atoms with E-state index in [1.165, 1.54) is 6.07 Å². The van der Waals surface area contributed by atoms with Crippen LogP contribution in [0.1, 0.15) is 28.8 Å². The fourth-order valence-electron chi connectivity index (χ4n) is 2.69. The van der Waals surface area contributed by atoms with E-state index in [1.54, 1.807) is 36.4 Å². The molecule has 8 heteroatoms. The predicted molar refractivity (Wildman–Crippen MR) is 113 cm³/mol. The lowest BCUT2D eigenvalue weighted by Gasteiger charge is -2.08. The van der Waals surface area contributed by atoms with Gasteiger partial charge in [-0.1, -0.05) is 27.5 Å². The molecule has 3 rings (SSSR count). The van der Waals surface area contributed by atoms with Crippen LogP contribution >= 0.6 is 27.5 Å². The highest BCUT2D eigenvalue weighted by Crippen LogP contribution is 2.22. The second-order valence-corrected chi connectivity index (χ2v) is 7.61. The van der Waals surface area contributed by atoms with Crippen molar-refractivity contribution in [1.82, 2.24) is 5.32 Å². The number of hydrogen-bond acceptors (Lipinski definition) is 5. The zero-order chi connectivity index (χ0) is 20.8. The number of carbonyl (C=O) groups excluding carboxylic acids is 2. The third-order valence-electron chi connectivity index (χ3n) is 4.13. The molecule has 0 aliphatic carbocycles. The Hall–Kier alpha value is -2.64. The normalized spacial score (nSPS) is 10.7. The number of benzene rings is 2. The van der Waals surface area contributed by atoms with Gasteiger partial charge in [-0.05, 0) is 48.9 Å². The minimum Gasteiger partial charge on any atom is -0.461 e. The van der Waals surface area contributed by atoms with Crippen molar-refractivity contribution in [2.45, 2.75) is 19.4 Å². The molecule has 2 aromatic carbocycles. The Kier molecular flexibility index (Phi) is 7.06. The maximum Gasteiger partial charge on any atom is 0.336 e. The number of fused-ring (bicyclic) bond motifs is 1. The van der Waals surface area contributed by atoms with Crippen molar-refractivity contribution in [1.29, 1.82) is 0 Å². The van der Waals surface area contributed by atoms with E-state index in [9.17, 15) is 14.4 Å². The molecule has 150 valence electrons. The van der Waals surface area contributed by atoms with Gasteiger partial charge in [-0.2, -0.15) is 0 Å². The number of halogens is 2. The molecule has 29 heavy (non-hydrogen) atoms. The monoisotopic (exact) mass is 477 g/mol. The van der Waals surface area contributed by atoms with Crippen LogP contribution in [0.15, 0.2) is 62.2 Å². The number of esters is 1. The summed E-state index contributed by atoms with van der Waals surface area (Å²) in [6.07, 6.45) is 0.578. The lowest BCUT2D eigenvalue weighted by atomic mass is 10.1. The Morgan fingerprint density at radius 2 is 1.86 bits per heavy atom. The molecule has 0 saturated carbocycles. The number of ether oxygens (including phenoxy) is 1. The van der Waals surface area contributed by atoms with Crippen LogP contribution in [0.5, 0.6) is 0 Å². The molecule has 1 heterocycles. The Morgan fingerprint density at radius 1 is 1.10 bits per heavy atom. The van der Waals surface area contributed by atoms with Crippen molar-refractivity contribution in [2.75, 3.05) is 6.54 Å². The number of amides is 1. The number of carbonyl (C=O) groups is 2. The summed E-state index contributed by atoms with van der Waals surface area (Å²) in [6.45, 7) is 0.308. The standard InChI is InChI=1S/C21H17BrClNO5/c22-15-5-8-17-14(10-20(26)29-18(17)11-15)12-28-19(25)2-1-9-24-21(27)13-3-6-16(23)7-4-13/h3-8,10-11H,1-2,9,12H2,(H,24,27). The predicted octanol–water partition coefficient (Wildman–Crippen LogP) is 4.46. The topological polar surface area (TPSA) is 85.6 Å². The van der Waals surface area contributed by atoms with Crippen molar-refractivity contribution in [3.63, 3.8) is 0 Å². The first kappa shape index (κ1) is 21.1. The van der Waals surface area contributed by atoms with Gasteiger partial charge in [0.05, 0.1) is 0 Å². The van der Waals surface area contributed by atoms with Gasteiger partial charge >= 0.3 is 11.6 Å². The second kappa shape index (κ2) is 9.71. The molecule has 0 bridgehead atoms. The fourth-order valence-corrected chi connectivity index (χ4v) is 3.16. The summed E-state index contributed by atoms with van der Waals surface area (Å²) in [6, 6.07) is 13.1. The summed E-state index contributed by atoms with van der Waals surface area (Å²) in [4.78, 5) is 35.7. The van der Waals surface area contributed by atoms with E-state index in [0.29, 0.717) is 40.1 Å². The van der Waals surface area contributed by atoms with E-state index in [4.69, 9.17) is 20.8 Å². The molecule has 6 nitrogen and oxygen atoms in total. The van der Waals surface area contributed by atoms with E-state index >= 15 is 0 Å². The Balaban J connectivity index is 1.47. The first-order valence-corrected chi connectivity index (χ1v) is 10.0. The Bertz CT molecular complexity index is 1090. The zero-order valence-electron chi connectivity index (χ0n) is 15.2. The van der Waals surface area contributed by atoms with Crippen molar-refractivity contribution in [3.8, 4) is 0 Å². The van der Waals surface area contributed by atoms with Crippen LogP contribution < -0.4 is 10.9 Å². The zero-order valence-corrected chi connectivity index (χ0v) is 17.6. The van der Waals surface area contributed by atoms with Crippen LogP contribution in [0.4, 0.5) is 0 Å². The minimum atomic E-state index is -0.508. The summed E-state index contributed by atoms with van der Waals surface area (Å²) in [5.41, 5.74) is 0.987. The van der Waals surface area contributed by atoms with Crippen LogP contribution in [0, 0.1) is 0 Å². The molecule has 0 unspecified atom stereocenters. The van der Waals surface area contributed by atoms with Crippen molar-refractivity contribution in [2.24, 2.45) is 0 Å². The van der Waals surface area contributed by atoms with Crippen LogP contribution in [0.3, 0.4) is 0 Å². The minimum absolute atomic E-state index is 0.0281. The summed E-state index contributed by atoms with van der Waals surface area (Å²) >= 11 is 9.12. The second-order valence-electron chi connectivity index (χ2n) is 6.26. The Morgan fingerprint density at radius 3 is 2.62 bits per heavy atom. The molecule has 1 N–H and O–H groups in total. The first-order chi connectivity index (χ1) is 13.9. The van der Waals surface area contributed by atoms with E-state index in [1.807, 2.05) is 6.07 Å². The molecule has 0 spiro atoms. The summed E-state index contributed by atoms with van der Waals surface area (Å²) in [7, 11) is 0. The highest BCUT2D eigenvalue weighted by atomic mass is 79.9. The van der Waals surface area contributed by atoms with Gasteiger partial charge < -0.3 is 14.5 Å². The van der Waals surface area contributed by atoms with Crippen molar-refractivity contribution < 1.29 is 18.7 Å². The van der Waals surface area contributed by atoms with E-state index in [0.717, 1.165) is 4.47 Å². The van der Waals surface area contributed by atoms with Gasteiger partial charge in [-0.3, -0.25) is 9.59 Å². The lowest BCUT2D eigenvalue weighted by molar-refractivity contribution is -0.145. The van der Waals surface area contributed by atoms with E-state index in [2.05, 4.69) is 21.2 Å². The summed E-state index contributed by atoms with van der Waals surface area (Å²) in [5.74, 6) is -0.645. The largest absolute Gasteiger partial charge is 0.461 e. The lowest BCUT2D eigenvalue weighted by Crippen LogP contribution is -2.25. The maximum absolute atomic E-state index is 12.0. The smallest absolute Gasteiger partial charge is 0.336 e. The van der Waals surface area contributed by atoms with Gasteiger partial charge in [0.2, 0.25) is 0 Å². The van der Waals surface area contributed by atoms with Gasteiger partial charge in [0, 0.05) is 45.0 Å². The quantitative estimate of drug-likeness (QED) is 0.308. The van der Waals surface area contributed by atoms with Crippen LogP contribution in [0.25, 0.3) is 11.0 Å². The average molecular weight is 479 g/mol. The molecule has 0 saturated heterocycles. The Labute approximate surface area is 179 Å². The van der Waals surface area contributed by atoms with E-state index < -0.39 is 11.6 Å². The molecule has 3 aromatic rings. The SMILES string of the molecule is O=C(CCCNC(=O)c1ccc(Cl)cc1)OCc1cc(=O)oc2cc(Br)ccc12. The molecule has 0 fully saturated rings. The number of rotatable bonds is 7. The summed E-state index contributed by atoms with van der Waals surface area (Å²) < 4.78 is 11.2. The molecule has 0 aliphatic rings. The third-order valence-corrected chi connectivity index (χ3v) is 4.88. The van der Waals surface area contributed by atoms with Crippen molar-refractivity contribution in [3.05, 3.63) is 79.6 Å². The molecular weight excluding hydrogens is 462 g/mol. The third kappa shape index (κ3) is 5.92. The molecular formula is C21H17BrClNO5. The highest BCUT2D eigenvalue weighted by molar-refractivity contribution is 9.10. The highest BCUT2D eigenvalue weighted by Gasteiger charge is 2.10. The molecule has 1 aromatic heterocycles.